The third-order valence-corrected chi connectivity index (χ3v) is 2.93. The fraction of sp³-hybridized carbons (Fsp3) is 0.615. The Labute approximate surface area is 103 Å². The van der Waals surface area contributed by atoms with Crippen LogP contribution in [0.3, 0.4) is 0 Å². The van der Waals surface area contributed by atoms with Gasteiger partial charge in [-0.15, -0.1) is 0 Å². The van der Waals surface area contributed by atoms with Crippen LogP contribution in [0, 0.1) is 5.41 Å². The SMILES string of the molecule is CN(Cc1ccoc1)C(=O)CC(N)C(C)(C)C. The Morgan fingerprint density at radius 3 is 2.65 bits per heavy atom. The molecule has 0 radical (unpaired) electrons. The molecule has 0 aromatic carbocycles. The van der Waals surface area contributed by atoms with Crippen molar-refractivity contribution >= 4 is 5.91 Å². The molecule has 0 aliphatic heterocycles. The first-order chi connectivity index (χ1) is 7.80. The van der Waals surface area contributed by atoms with Gasteiger partial charge in [-0.1, -0.05) is 20.8 Å². The van der Waals surface area contributed by atoms with E-state index < -0.39 is 0 Å². The monoisotopic (exact) mass is 238 g/mol. The maximum Gasteiger partial charge on any atom is 0.224 e. The van der Waals surface area contributed by atoms with Crippen LogP contribution in [0.2, 0.25) is 0 Å². The molecule has 1 rings (SSSR count). The predicted octanol–water partition coefficient (Wildman–Crippen LogP) is 2.00. The van der Waals surface area contributed by atoms with Crippen LogP contribution in [0.1, 0.15) is 32.8 Å². The number of hydrogen-bond donors (Lipinski definition) is 1. The molecule has 4 nitrogen and oxygen atoms in total. The lowest BCUT2D eigenvalue weighted by Gasteiger charge is -2.28. The molecule has 1 amide bonds. The maximum atomic E-state index is 11.9. The molecule has 1 aromatic rings. The number of amides is 1. The third kappa shape index (κ3) is 4.23. The van der Waals surface area contributed by atoms with Gasteiger partial charge >= 0.3 is 0 Å². The number of carbonyl (C=O) groups is 1. The summed E-state index contributed by atoms with van der Waals surface area (Å²) in [7, 11) is 1.78. The number of hydrogen-bond acceptors (Lipinski definition) is 3. The zero-order valence-corrected chi connectivity index (χ0v) is 11.1. The second-order valence-corrected chi connectivity index (χ2v) is 5.56. The highest BCUT2D eigenvalue weighted by Crippen LogP contribution is 2.20. The summed E-state index contributed by atoms with van der Waals surface area (Å²) in [4.78, 5) is 13.6. The van der Waals surface area contributed by atoms with E-state index in [2.05, 4.69) is 0 Å². The highest BCUT2D eigenvalue weighted by molar-refractivity contribution is 5.76. The molecule has 0 spiro atoms. The van der Waals surface area contributed by atoms with Crippen molar-refractivity contribution in [2.45, 2.75) is 39.8 Å². The van der Waals surface area contributed by atoms with Crippen LogP contribution >= 0.6 is 0 Å². The summed E-state index contributed by atoms with van der Waals surface area (Å²) in [5.41, 5.74) is 6.94. The second-order valence-electron chi connectivity index (χ2n) is 5.56. The van der Waals surface area contributed by atoms with Gasteiger partial charge in [-0.2, -0.15) is 0 Å². The van der Waals surface area contributed by atoms with Crippen molar-refractivity contribution in [3.8, 4) is 0 Å². The average Bonchev–Trinajstić information content (AvgIpc) is 2.68. The van der Waals surface area contributed by atoms with E-state index in [-0.39, 0.29) is 17.4 Å². The van der Waals surface area contributed by atoms with Crippen LogP contribution < -0.4 is 5.73 Å². The van der Waals surface area contributed by atoms with Gasteiger partial charge in [0.2, 0.25) is 5.91 Å². The fourth-order valence-corrected chi connectivity index (χ4v) is 1.39. The molecule has 1 heterocycles. The van der Waals surface area contributed by atoms with Crippen LogP contribution in [0.15, 0.2) is 23.0 Å². The zero-order valence-electron chi connectivity index (χ0n) is 11.1. The Hall–Kier alpha value is -1.29. The lowest BCUT2D eigenvalue weighted by atomic mass is 9.85. The van der Waals surface area contributed by atoms with Crippen molar-refractivity contribution in [2.75, 3.05) is 7.05 Å². The Bertz CT molecular complexity index is 352. The molecule has 17 heavy (non-hydrogen) atoms. The van der Waals surface area contributed by atoms with Gasteiger partial charge in [-0.3, -0.25) is 4.79 Å². The molecule has 0 fully saturated rings. The van der Waals surface area contributed by atoms with Gasteiger partial charge in [0.05, 0.1) is 12.5 Å². The van der Waals surface area contributed by atoms with Gasteiger partial charge in [0.15, 0.2) is 0 Å². The first-order valence-electron chi connectivity index (χ1n) is 5.81. The van der Waals surface area contributed by atoms with Crippen molar-refractivity contribution in [2.24, 2.45) is 11.1 Å². The quantitative estimate of drug-likeness (QED) is 0.872. The molecule has 0 aliphatic carbocycles. The number of rotatable bonds is 4. The average molecular weight is 238 g/mol. The molecule has 1 aromatic heterocycles. The molecule has 96 valence electrons. The largest absolute Gasteiger partial charge is 0.472 e. The van der Waals surface area contributed by atoms with Gasteiger partial charge in [0, 0.05) is 31.6 Å². The van der Waals surface area contributed by atoms with Crippen molar-refractivity contribution in [3.63, 3.8) is 0 Å². The summed E-state index contributed by atoms with van der Waals surface area (Å²) in [6, 6.07) is 1.73. The molecule has 0 saturated heterocycles. The molecule has 1 atom stereocenters. The van der Waals surface area contributed by atoms with E-state index in [9.17, 15) is 4.79 Å². The van der Waals surface area contributed by atoms with Gasteiger partial charge in [-0.25, -0.2) is 0 Å². The second kappa shape index (κ2) is 5.36. The summed E-state index contributed by atoms with van der Waals surface area (Å²) in [6.45, 7) is 6.69. The Morgan fingerprint density at radius 2 is 2.18 bits per heavy atom. The summed E-state index contributed by atoms with van der Waals surface area (Å²) < 4.78 is 4.97. The van der Waals surface area contributed by atoms with Crippen LogP contribution in [0.4, 0.5) is 0 Å². The fourth-order valence-electron chi connectivity index (χ4n) is 1.39. The van der Waals surface area contributed by atoms with Gasteiger partial charge in [-0.05, 0) is 11.5 Å². The number of carbonyl (C=O) groups excluding carboxylic acids is 1. The van der Waals surface area contributed by atoms with Crippen molar-refractivity contribution in [1.29, 1.82) is 0 Å². The van der Waals surface area contributed by atoms with Gasteiger partial charge in [0.1, 0.15) is 0 Å². The van der Waals surface area contributed by atoms with Crippen LogP contribution in [0.25, 0.3) is 0 Å². The van der Waals surface area contributed by atoms with Crippen molar-refractivity contribution in [3.05, 3.63) is 24.2 Å². The zero-order chi connectivity index (χ0) is 13.1. The third-order valence-electron chi connectivity index (χ3n) is 2.93. The highest BCUT2D eigenvalue weighted by Gasteiger charge is 2.24. The minimum absolute atomic E-state index is 0.0495. The normalized spacial score (nSPS) is 13.5. The molecular formula is C13H22N2O2. The topological polar surface area (TPSA) is 59.5 Å². The Kier molecular flexibility index (Phi) is 4.34. The lowest BCUT2D eigenvalue weighted by Crippen LogP contribution is -2.40. The van der Waals surface area contributed by atoms with E-state index in [0.29, 0.717) is 13.0 Å². The van der Waals surface area contributed by atoms with E-state index in [0.717, 1.165) is 5.56 Å². The smallest absolute Gasteiger partial charge is 0.224 e. The minimum Gasteiger partial charge on any atom is -0.472 e. The first-order valence-corrected chi connectivity index (χ1v) is 5.81. The van der Waals surface area contributed by atoms with E-state index in [4.69, 9.17) is 10.2 Å². The first kappa shape index (κ1) is 13.8. The van der Waals surface area contributed by atoms with Crippen molar-refractivity contribution in [1.82, 2.24) is 4.90 Å². The van der Waals surface area contributed by atoms with Crippen LogP contribution in [-0.2, 0) is 11.3 Å². The molecule has 2 N–H and O–H groups in total. The lowest BCUT2D eigenvalue weighted by molar-refractivity contribution is -0.131. The molecule has 1 unspecified atom stereocenters. The predicted molar refractivity (Wildman–Crippen MR) is 67.2 cm³/mol. The van der Waals surface area contributed by atoms with Crippen molar-refractivity contribution < 1.29 is 9.21 Å². The summed E-state index contributed by atoms with van der Waals surface area (Å²) in [5, 5.41) is 0. The highest BCUT2D eigenvalue weighted by atomic mass is 16.3. The number of nitrogens with two attached hydrogens (primary N) is 1. The van der Waals surface area contributed by atoms with E-state index in [1.807, 2.05) is 26.8 Å². The Morgan fingerprint density at radius 1 is 1.53 bits per heavy atom. The number of furan rings is 1. The Balaban J connectivity index is 2.48. The number of nitrogens with zero attached hydrogens (tertiary/aromatic N) is 1. The van der Waals surface area contributed by atoms with Crippen LogP contribution in [0.5, 0.6) is 0 Å². The minimum atomic E-state index is -0.123. The molecular weight excluding hydrogens is 216 g/mol. The van der Waals surface area contributed by atoms with Gasteiger partial charge < -0.3 is 15.1 Å². The van der Waals surface area contributed by atoms with Gasteiger partial charge in [0.25, 0.3) is 0 Å². The summed E-state index contributed by atoms with van der Waals surface area (Å²) in [6.07, 6.45) is 3.62. The summed E-state index contributed by atoms with van der Waals surface area (Å²) in [5.74, 6) is 0.0635. The molecule has 0 bridgehead atoms. The molecule has 0 aliphatic rings. The standard InChI is InChI=1S/C13H22N2O2/c1-13(2,3)11(14)7-12(16)15(4)8-10-5-6-17-9-10/h5-6,9,11H,7-8,14H2,1-4H3. The molecule has 0 saturated carbocycles. The van der Waals surface area contributed by atoms with E-state index >= 15 is 0 Å². The van der Waals surface area contributed by atoms with Crippen LogP contribution in [-0.4, -0.2) is 23.9 Å². The van der Waals surface area contributed by atoms with E-state index in [1.54, 1.807) is 24.5 Å². The summed E-state index contributed by atoms with van der Waals surface area (Å²) >= 11 is 0. The maximum absolute atomic E-state index is 11.9. The van der Waals surface area contributed by atoms with E-state index in [1.165, 1.54) is 0 Å². The molecule has 4 heteroatoms.